The number of nitrogens with zero attached hydrogens (tertiary/aromatic N) is 2. The third kappa shape index (κ3) is 4.03. The number of hydrogen-bond donors (Lipinski definition) is 2. The van der Waals surface area contributed by atoms with Crippen molar-refractivity contribution in [2.24, 2.45) is 0 Å². The van der Waals surface area contributed by atoms with Crippen molar-refractivity contribution in [1.29, 1.82) is 0 Å². The zero-order chi connectivity index (χ0) is 15.2. The summed E-state index contributed by atoms with van der Waals surface area (Å²) >= 11 is 0. The van der Waals surface area contributed by atoms with Gasteiger partial charge in [-0.25, -0.2) is 14.4 Å². The van der Waals surface area contributed by atoms with Crippen LogP contribution in [-0.2, 0) is 11.3 Å². The van der Waals surface area contributed by atoms with Gasteiger partial charge in [0.25, 0.3) is 0 Å². The average Bonchev–Trinajstić information content (AvgIpc) is 2.47. The first-order chi connectivity index (χ1) is 10.1. The summed E-state index contributed by atoms with van der Waals surface area (Å²) in [4.78, 5) is 8.28. The number of anilines is 3. The zero-order valence-corrected chi connectivity index (χ0v) is 11.9. The minimum atomic E-state index is -0.417. The van der Waals surface area contributed by atoms with E-state index in [2.05, 4.69) is 15.3 Å². The lowest BCUT2D eigenvalue weighted by molar-refractivity contribution is 0.128. The van der Waals surface area contributed by atoms with E-state index in [4.69, 9.17) is 15.2 Å². The highest BCUT2D eigenvalue weighted by molar-refractivity contribution is 5.60. The van der Waals surface area contributed by atoms with Crippen LogP contribution >= 0.6 is 0 Å². The molecule has 0 saturated heterocycles. The van der Waals surface area contributed by atoms with Gasteiger partial charge in [0.15, 0.2) is 5.82 Å². The number of rotatable bonds is 6. The number of hydrogen-bond acceptors (Lipinski definition) is 6. The van der Waals surface area contributed by atoms with Crippen molar-refractivity contribution in [1.82, 2.24) is 9.97 Å². The number of methoxy groups -OCH3 is 1. The molecule has 6 nitrogen and oxygen atoms in total. The Kier molecular flexibility index (Phi) is 4.89. The maximum atomic E-state index is 13.8. The maximum Gasteiger partial charge on any atom is 0.158 e. The predicted molar refractivity (Wildman–Crippen MR) is 78.0 cm³/mol. The molecule has 1 aromatic heterocycles. The molecule has 0 fully saturated rings. The van der Waals surface area contributed by atoms with Gasteiger partial charge in [-0.3, -0.25) is 0 Å². The molecule has 2 rings (SSSR count). The van der Waals surface area contributed by atoms with E-state index < -0.39 is 5.82 Å². The fourth-order valence-corrected chi connectivity index (χ4v) is 1.70. The molecule has 1 aromatic carbocycles. The third-order valence-corrected chi connectivity index (χ3v) is 2.66. The Hall–Kier alpha value is -2.41. The Balaban J connectivity index is 2.24. The first kappa shape index (κ1) is 15.0. The van der Waals surface area contributed by atoms with Crippen LogP contribution in [-0.4, -0.2) is 23.7 Å². The van der Waals surface area contributed by atoms with Gasteiger partial charge in [0.1, 0.15) is 29.8 Å². The lowest BCUT2D eigenvalue weighted by atomic mass is 10.3. The Labute approximate surface area is 122 Å². The van der Waals surface area contributed by atoms with Crippen molar-refractivity contribution in [2.75, 3.05) is 24.8 Å². The molecule has 112 valence electrons. The molecule has 2 aromatic rings. The molecular weight excluding hydrogens is 275 g/mol. The van der Waals surface area contributed by atoms with E-state index in [1.165, 1.54) is 31.4 Å². The summed E-state index contributed by atoms with van der Waals surface area (Å²) in [6.45, 7) is 2.67. The molecule has 0 spiro atoms. The molecule has 0 radical (unpaired) electrons. The van der Waals surface area contributed by atoms with E-state index in [-0.39, 0.29) is 18.1 Å². The molecule has 0 bridgehead atoms. The second-order valence-electron chi connectivity index (χ2n) is 4.20. The van der Waals surface area contributed by atoms with E-state index in [0.29, 0.717) is 24.0 Å². The van der Waals surface area contributed by atoms with Crippen LogP contribution in [0.2, 0.25) is 0 Å². The fourth-order valence-electron chi connectivity index (χ4n) is 1.70. The largest absolute Gasteiger partial charge is 0.497 e. The van der Waals surface area contributed by atoms with Crippen molar-refractivity contribution in [3.05, 3.63) is 35.9 Å². The van der Waals surface area contributed by atoms with Crippen LogP contribution in [0.1, 0.15) is 12.7 Å². The lowest BCUT2D eigenvalue weighted by Gasteiger charge is -2.10. The molecular formula is C14H17FN4O2. The van der Waals surface area contributed by atoms with Gasteiger partial charge in [-0.05, 0) is 19.1 Å². The van der Waals surface area contributed by atoms with Gasteiger partial charge < -0.3 is 20.5 Å². The Morgan fingerprint density at radius 2 is 2.10 bits per heavy atom. The minimum absolute atomic E-state index is 0.245. The Bertz CT molecular complexity index is 622. The first-order valence-electron chi connectivity index (χ1n) is 6.44. The molecule has 0 atom stereocenters. The maximum absolute atomic E-state index is 13.8. The van der Waals surface area contributed by atoms with Gasteiger partial charge in [-0.2, -0.15) is 0 Å². The van der Waals surface area contributed by atoms with Crippen LogP contribution in [0.4, 0.5) is 21.7 Å². The molecule has 1 heterocycles. The number of aromatic nitrogens is 2. The van der Waals surface area contributed by atoms with Crippen LogP contribution in [0.5, 0.6) is 5.75 Å². The third-order valence-electron chi connectivity index (χ3n) is 2.66. The molecule has 0 amide bonds. The molecule has 7 heteroatoms. The Morgan fingerprint density at radius 1 is 1.29 bits per heavy atom. The first-order valence-corrected chi connectivity index (χ1v) is 6.44. The fraction of sp³-hybridized carbons (Fsp3) is 0.286. The van der Waals surface area contributed by atoms with Crippen molar-refractivity contribution in [2.45, 2.75) is 13.5 Å². The van der Waals surface area contributed by atoms with Crippen LogP contribution < -0.4 is 15.8 Å². The summed E-state index contributed by atoms with van der Waals surface area (Å²) in [6, 6.07) is 5.91. The van der Waals surface area contributed by atoms with Crippen LogP contribution in [0.25, 0.3) is 0 Å². The predicted octanol–water partition coefficient (Wildman–Crippen LogP) is 2.49. The van der Waals surface area contributed by atoms with Gasteiger partial charge in [0.2, 0.25) is 0 Å². The molecule has 0 aliphatic rings. The monoisotopic (exact) mass is 292 g/mol. The lowest BCUT2D eigenvalue weighted by Crippen LogP contribution is -2.06. The van der Waals surface area contributed by atoms with Crippen LogP contribution in [0.15, 0.2) is 24.3 Å². The van der Waals surface area contributed by atoms with Gasteiger partial charge >= 0.3 is 0 Å². The van der Waals surface area contributed by atoms with Gasteiger partial charge in [-0.15, -0.1) is 0 Å². The van der Waals surface area contributed by atoms with E-state index in [9.17, 15) is 4.39 Å². The topological polar surface area (TPSA) is 82.3 Å². The van der Waals surface area contributed by atoms with Crippen molar-refractivity contribution in [3.8, 4) is 5.75 Å². The van der Waals surface area contributed by atoms with Gasteiger partial charge in [0, 0.05) is 18.7 Å². The number of nitrogens with two attached hydrogens (primary N) is 1. The summed E-state index contributed by atoms with van der Waals surface area (Å²) in [5.41, 5.74) is 5.96. The van der Waals surface area contributed by atoms with Gasteiger partial charge in [-0.1, -0.05) is 0 Å². The van der Waals surface area contributed by atoms with E-state index in [0.717, 1.165) is 0 Å². The zero-order valence-electron chi connectivity index (χ0n) is 11.9. The van der Waals surface area contributed by atoms with Crippen LogP contribution in [0, 0.1) is 5.82 Å². The van der Waals surface area contributed by atoms with Crippen molar-refractivity contribution in [3.63, 3.8) is 0 Å². The summed E-state index contributed by atoms with van der Waals surface area (Å²) < 4.78 is 24.1. The second kappa shape index (κ2) is 6.85. The molecule has 21 heavy (non-hydrogen) atoms. The number of halogens is 1. The number of nitrogen functional groups attached to an aromatic ring is 1. The van der Waals surface area contributed by atoms with Crippen molar-refractivity contribution < 1.29 is 13.9 Å². The summed E-state index contributed by atoms with van der Waals surface area (Å²) in [7, 11) is 1.51. The van der Waals surface area contributed by atoms with Crippen molar-refractivity contribution >= 4 is 17.3 Å². The molecule has 3 N–H and O–H groups in total. The van der Waals surface area contributed by atoms with E-state index in [1.807, 2.05) is 6.92 Å². The molecule has 0 unspecified atom stereocenters. The quantitative estimate of drug-likeness (QED) is 0.851. The second-order valence-corrected chi connectivity index (χ2v) is 4.20. The normalized spacial score (nSPS) is 10.4. The van der Waals surface area contributed by atoms with E-state index in [1.54, 1.807) is 0 Å². The summed E-state index contributed by atoms with van der Waals surface area (Å²) in [6.07, 6.45) is 0. The number of ether oxygens (including phenoxy) is 2. The number of benzene rings is 1. The summed E-state index contributed by atoms with van der Waals surface area (Å²) in [5.74, 6) is 1.23. The highest BCUT2D eigenvalue weighted by Crippen LogP contribution is 2.24. The smallest absolute Gasteiger partial charge is 0.158 e. The van der Waals surface area contributed by atoms with Gasteiger partial charge in [0.05, 0.1) is 12.8 Å². The van der Waals surface area contributed by atoms with E-state index >= 15 is 0 Å². The average molecular weight is 292 g/mol. The molecule has 0 saturated carbocycles. The van der Waals surface area contributed by atoms with Crippen LogP contribution in [0.3, 0.4) is 0 Å². The SMILES string of the molecule is CCOCc1nc(N)cc(Nc2cc(OC)ccc2F)n1. The minimum Gasteiger partial charge on any atom is -0.497 e. The number of nitrogens with one attached hydrogen (secondary N) is 1. The summed E-state index contributed by atoms with van der Waals surface area (Å²) in [5, 5.41) is 2.86. The standard InChI is InChI=1S/C14H17FN4O2/c1-3-21-8-14-18-12(16)7-13(19-14)17-11-6-9(20-2)4-5-10(11)15/h4-7H,3,8H2,1-2H3,(H3,16,17,18,19). The highest BCUT2D eigenvalue weighted by Gasteiger charge is 2.08. The highest BCUT2D eigenvalue weighted by atomic mass is 19.1. The molecule has 0 aliphatic carbocycles. The molecule has 0 aliphatic heterocycles. The Morgan fingerprint density at radius 3 is 2.81 bits per heavy atom.